The third-order valence-electron chi connectivity index (χ3n) is 15.4. The number of carbonyl (C=O) groups is 1. The molecule has 13 heteroatoms. The number of unbranched alkanes of at least 4 members (excludes halogenated alkanes) is 44. The van der Waals surface area contributed by atoms with Crippen LogP contribution in [0.25, 0.3) is 0 Å². The summed E-state index contributed by atoms with van der Waals surface area (Å²) in [4.78, 5) is 13.2. The fourth-order valence-corrected chi connectivity index (χ4v) is 11.1. The molecular weight excluding hydrogens is 943 g/mol. The highest BCUT2D eigenvalue weighted by molar-refractivity contribution is 7.80. The number of amides is 1. The van der Waals surface area contributed by atoms with Gasteiger partial charge in [0.25, 0.3) is 0 Å². The van der Waals surface area contributed by atoms with Crippen molar-refractivity contribution < 1.29 is 51.8 Å². The van der Waals surface area contributed by atoms with Gasteiger partial charge in [-0.2, -0.15) is 8.42 Å². The van der Waals surface area contributed by atoms with Gasteiger partial charge in [-0.15, -0.1) is 0 Å². The van der Waals surface area contributed by atoms with Crippen molar-refractivity contribution in [3.8, 4) is 0 Å². The minimum absolute atomic E-state index is 0.221. The second-order valence-electron chi connectivity index (χ2n) is 22.4. The lowest BCUT2D eigenvalue weighted by atomic mass is 9.99. The fraction of sp³-hybridized carbons (Fsp3) is 0.983. The maximum atomic E-state index is 13.2. The number of ether oxygens (including phenoxy) is 2. The Balaban J connectivity index is 2.25. The average Bonchev–Trinajstić information content (AvgIpc) is 3.37. The molecule has 7 unspecified atom stereocenters. The molecule has 6 N–H and O–H groups in total. The Morgan fingerprint density at radius 1 is 0.493 bits per heavy atom. The topological polar surface area (TPSA) is 192 Å². The maximum Gasteiger partial charge on any atom is 0.397 e. The minimum Gasteiger partial charge on any atom is -0.394 e. The first-order valence-electron chi connectivity index (χ1n) is 31.4. The molecule has 1 aliphatic heterocycles. The maximum absolute atomic E-state index is 13.2. The number of hydrogen-bond acceptors (Lipinski definition) is 10. The highest BCUT2D eigenvalue weighted by Gasteiger charge is 2.48. The van der Waals surface area contributed by atoms with E-state index in [0.717, 1.165) is 51.4 Å². The van der Waals surface area contributed by atoms with Crippen LogP contribution in [0.2, 0.25) is 0 Å². The fourth-order valence-electron chi connectivity index (χ4n) is 10.6. The van der Waals surface area contributed by atoms with Gasteiger partial charge in [0.1, 0.15) is 24.4 Å². The number of rotatable bonds is 56. The van der Waals surface area contributed by atoms with E-state index in [1.165, 1.54) is 244 Å². The van der Waals surface area contributed by atoms with Gasteiger partial charge < -0.3 is 35.2 Å². The van der Waals surface area contributed by atoms with E-state index in [1.54, 1.807) is 0 Å². The smallest absolute Gasteiger partial charge is 0.394 e. The Morgan fingerprint density at radius 3 is 1.10 bits per heavy atom. The highest BCUT2D eigenvalue weighted by Crippen LogP contribution is 2.26. The van der Waals surface area contributed by atoms with E-state index in [9.17, 15) is 38.2 Å². The molecule has 1 aliphatic rings. The summed E-state index contributed by atoms with van der Waals surface area (Å²) < 4.78 is 48.0. The summed E-state index contributed by atoms with van der Waals surface area (Å²) >= 11 is 0. The van der Waals surface area contributed by atoms with Gasteiger partial charge in [0, 0.05) is 6.42 Å². The van der Waals surface area contributed by atoms with Crippen LogP contribution in [0.3, 0.4) is 0 Å². The molecule has 12 nitrogen and oxygen atoms in total. The van der Waals surface area contributed by atoms with Gasteiger partial charge in [-0.3, -0.25) is 9.35 Å². The standard InChI is InChI=1S/C60H119NO11S/c1-3-5-7-9-11-13-15-17-19-21-22-23-24-25-26-27-28-29-30-31-32-34-36-38-40-42-44-46-48-50-56(64)61-53(52-70-60-58(66)59(72-73(67,68)69)57(65)55(51-62)71-60)54(63)49-47-45-43-41-39-37-35-33-20-18-16-14-12-10-8-6-4-2/h53-55,57-60,62-63,65-66H,3-52H2,1-2H3,(H,61,64)(H,67,68,69). The van der Waals surface area contributed by atoms with Crippen molar-refractivity contribution >= 4 is 16.3 Å². The highest BCUT2D eigenvalue weighted by atomic mass is 32.3. The van der Waals surface area contributed by atoms with Gasteiger partial charge in [-0.1, -0.05) is 303 Å². The summed E-state index contributed by atoms with van der Waals surface area (Å²) in [6.07, 6.45) is 51.2. The van der Waals surface area contributed by atoms with Crippen LogP contribution in [-0.4, -0.2) is 95.4 Å². The second kappa shape index (κ2) is 50.6. The molecule has 1 fully saturated rings. The van der Waals surface area contributed by atoms with E-state index in [1.807, 2.05) is 0 Å². The summed E-state index contributed by atoms with van der Waals surface area (Å²) in [5.41, 5.74) is 0. The first kappa shape index (κ1) is 70.1. The van der Waals surface area contributed by atoms with Crippen molar-refractivity contribution in [3.63, 3.8) is 0 Å². The third kappa shape index (κ3) is 42.8. The lowest BCUT2D eigenvalue weighted by molar-refractivity contribution is -0.298. The summed E-state index contributed by atoms with van der Waals surface area (Å²) in [7, 11) is -5.08. The molecule has 0 radical (unpaired) electrons. The van der Waals surface area contributed by atoms with Crippen molar-refractivity contribution in [2.45, 2.75) is 365 Å². The first-order valence-corrected chi connectivity index (χ1v) is 32.8. The summed E-state index contributed by atoms with van der Waals surface area (Å²) in [5.74, 6) is -0.221. The monoisotopic (exact) mass is 1060 g/mol. The van der Waals surface area contributed by atoms with Crippen molar-refractivity contribution in [2.24, 2.45) is 0 Å². The molecule has 1 saturated heterocycles. The van der Waals surface area contributed by atoms with Crippen molar-refractivity contribution in [2.75, 3.05) is 13.2 Å². The molecule has 0 bridgehead atoms. The molecule has 1 amide bonds. The molecule has 1 heterocycles. The van der Waals surface area contributed by atoms with Gasteiger partial charge in [-0.05, 0) is 12.8 Å². The molecular formula is C60H119NO11S. The Labute approximate surface area is 449 Å². The van der Waals surface area contributed by atoms with E-state index < -0.39 is 59.9 Å². The normalized spacial score (nSPS) is 19.1. The van der Waals surface area contributed by atoms with E-state index in [-0.39, 0.29) is 12.5 Å². The number of carbonyl (C=O) groups excluding carboxylic acids is 1. The van der Waals surface area contributed by atoms with E-state index in [0.29, 0.717) is 12.8 Å². The van der Waals surface area contributed by atoms with Crippen LogP contribution >= 0.6 is 0 Å². The number of aliphatic hydroxyl groups excluding tert-OH is 4. The molecule has 1 rings (SSSR count). The predicted octanol–water partition coefficient (Wildman–Crippen LogP) is 15.2. The zero-order valence-corrected chi connectivity index (χ0v) is 48.3. The van der Waals surface area contributed by atoms with Gasteiger partial charge in [0.15, 0.2) is 6.29 Å². The number of hydrogen-bond donors (Lipinski definition) is 6. The number of nitrogens with one attached hydrogen (secondary N) is 1. The summed E-state index contributed by atoms with van der Waals surface area (Å²) in [6, 6.07) is -0.853. The van der Waals surface area contributed by atoms with Crippen LogP contribution < -0.4 is 5.32 Å². The van der Waals surface area contributed by atoms with Crippen LogP contribution in [0.15, 0.2) is 0 Å². The molecule has 0 aromatic rings. The van der Waals surface area contributed by atoms with Crippen molar-refractivity contribution in [1.82, 2.24) is 5.32 Å². The van der Waals surface area contributed by atoms with E-state index >= 15 is 0 Å². The molecule has 436 valence electrons. The molecule has 7 atom stereocenters. The van der Waals surface area contributed by atoms with Crippen LogP contribution in [0.5, 0.6) is 0 Å². The summed E-state index contributed by atoms with van der Waals surface area (Å²) in [6.45, 7) is 3.51. The van der Waals surface area contributed by atoms with Gasteiger partial charge >= 0.3 is 10.4 Å². The second-order valence-corrected chi connectivity index (χ2v) is 23.4. The zero-order chi connectivity index (χ0) is 53.3. The SMILES string of the molecule is CCCCCCCCCCCCCCCCCCCCCCCCCCCCCCCC(=O)NC(COC1OC(CO)C(O)C(OS(=O)(=O)O)C1O)C(O)CCCCCCCCCCCCCCCCCCC. The zero-order valence-electron chi connectivity index (χ0n) is 47.5. The van der Waals surface area contributed by atoms with Gasteiger partial charge in [-0.25, -0.2) is 4.18 Å². The number of aliphatic hydroxyl groups is 4. The third-order valence-corrected chi connectivity index (χ3v) is 15.9. The van der Waals surface area contributed by atoms with Crippen molar-refractivity contribution in [3.05, 3.63) is 0 Å². The molecule has 0 saturated carbocycles. The van der Waals surface area contributed by atoms with Crippen LogP contribution in [0, 0.1) is 0 Å². The predicted molar refractivity (Wildman–Crippen MR) is 301 cm³/mol. The molecule has 73 heavy (non-hydrogen) atoms. The first-order chi connectivity index (χ1) is 35.5. The van der Waals surface area contributed by atoms with E-state index in [4.69, 9.17) is 9.47 Å². The van der Waals surface area contributed by atoms with Gasteiger partial charge in [0.2, 0.25) is 5.91 Å². The Morgan fingerprint density at radius 2 is 0.795 bits per heavy atom. The van der Waals surface area contributed by atoms with Crippen LogP contribution in [0.1, 0.15) is 322 Å². The molecule has 0 aliphatic carbocycles. The molecule has 0 aromatic carbocycles. The Hall–Kier alpha value is -0.900. The lowest BCUT2D eigenvalue weighted by Gasteiger charge is -2.41. The molecule has 0 aromatic heterocycles. The summed E-state index contributed by atoms with van der Waals surface area (Å²) in [5, 5.41) is 45.2. The van der Waals surface area contributed by atoms with E-state index in [2.05, 4.69) is 23.3 Å². The average molecular weight is 1060 g/mol. The largest absolute Gasteiger partial charge is 0.397 e. The lowest BCUT2D eigenvalue weighted by Crippen LogP contribution is -2.61. The Kier molecular flexibility index (Phi) is 48.6. The van der Waals surface area contributed by atoms with Crippen LogP contribution in [0.4, 0.5) is 0 Å². The minimum atomic E-state index is -5.08. The molecule has 0 spiro atoms. The van der Waals surface area contributed by atoms with Crippen molar-refractivity contribution in [1.29, 1.82) is 0 Å². The van der Waals surface area contributed by atoms with Gasteiger partial charge in [0.05, 0.1) is 25.4 Å². The quantitative estimate of drug-likeness (QED) is 0.0251. The Bertz CT molecular complexity index is 1290. The van der Waals surface area contributed by atoms with Crippen LogP contribution in [-0.2, 0) is 28.9 Å².